The summed E-state index contributed by atoms with van der Waals surface area (Å²) in [4.78, 5) is 6.71. The molecular formula is C21H24N2O4. The van der Waals surface area contributed by atoms with E-state index in [4.69, 9.17) is 14.2 Å². The van der Waals surface area contributed by atoms with Crippen LogP contribution in [0.2, 0.25) is 0 Å². The Kier molecular flexibility index (Phi) is 4.08. The predicted molar refractivity (Wildman–Crippen MR) is 100 cm³/mol. The van der Waals surface area contributed by atoms with Gasteiger partial charge in [0.05, 0.1) is 6.10 Å². The Labute approximate surface area is 158 Å². The highest BCUT2D eigenvalue weighted by molar-refractivity contribution is 5.48. The molecule has 3 aliphatic rings. The van der Waals surface area contributed by atoms with E-state index < -0.39 is 6.10 Å². The number of aliphatic hydroxyl groups excluding tert-OH is 1. The quantitative estimate of drug-likeness (QED) is 0.899. The van der Waals surface area contributed by atoms with E-state index >= 15 is 0 Å². The molecule has 142 valence electrons. The number of pyridine rings is 1. The third kappa shape index (κ3) is 3.18. The number of benzene rings is 1. The predicted octanol–water partition coefficient (Wildman–Crippen LogP) is 2.77. The van der Waals surface area contributed by atoms with Crippen LogP contribution in [0, 0.1) is 18.8 Å². The Balaban J connectivity index is 1.28. The summed E-state index contributed by atoms with van der Waals surface area (Å²) >= 11 is 0. The molecule has 1 aliphatic carbocycles. The smallest absolute Gasteiger partial charge is 0.231 e. The maximum Gasteiger partial charge on any atom is 0.231 e. The number of aromatic nitrogens is 1. The Morgan fingerprint density at radius 3 is 2.74 bits per heavy atom. The highest BCUT2D eigenvalue weighted by Crippen LogP contribution is 2.41. The first-order valence-corrected chi connectivity index (χ1v) is 9.58. The van der Waals surface area contributed by atoms with Crippen LogP contribution < -0.4 is 19.1 Å². The number of hydrogen-bond acceptors (Lipinski definition) is 6. The van der Waals surface area contributed by atoms with Crippen LogP contribution in [0.25, 0.3) is 0 Å². The number of nitrogens with zero attached hydrogens (tertiary/aromatic N) is 2. The van der Waals surface area contributed by atoms with Crippen LogP contribution in [0.4, 0.5) is 5.69 Å². The lowest BCUT2D eigenvalue weighted by molar-refractivity contribution is -0.0232. The van der Waals surface area contributed by atoms with E-state index in [9.17, 15) is 5.11 Å². The van der Waals surface area contributed by atoms with Crippen LogP contribution in [0.5, 0.6) is 17.2 Å². The van der Waals surface area contributed by atoms with Gasteiger partial charge >= 0.3 is 0 Å². The molecule has 2 aromatic rings. The minimum absolute atomic E-state index is 0.189. The summed E-state index contributed by atoms with van der Waals surface area (Å²) in [6, 6.07) is 9.79. The molecule has 0 radical (unpaired) electrons. The number of anilines is 1. The van der Waals surface area contributed by atoms with Crippen molar-refractivity contribution in [2.75, 3.05) is 24.8 Å². The van der Waals surface area contributed by atoms with Crippen LogP contribution >= 0.6 is 0 Å². The number of hydrogen-bond donors (Lipinski definition) is 1. The standard InChI is InChI=1S/C21H24N2O4/c1-13-6-16(4-5-22-13)23-10-14-7-18(24)20(8-15(14)11-23)27-17-2-3-19-21(9-17)26-12-25-19/h2-6,9,14-15,18,20,24H,7-8,10-12H2,1H3/t14-,15+,18+,20+/m0/s1. The second kappa shape index (κ2) is 6.60. The molecule has 0 unspecified atom stereocenters. The van der Waals surface area contributed by atoms with Gasteiger partial charge in [-0.2, -0.15) is 0 Å². The van der Waals surface area contributed by atoms with Crippen molar-refractivity contribution in [3.8, 4) is 17.2 Å². The lowest BCUT2D eigenvalue weighted by Gasteiger charge is -2.35. The van der Waals surface area contributed by atoms with Crippen LogP contribution in [0.3, 0.4) is 0 Å². The van der Waals surface area contributed by atoms with Crippen molar-refractivity contribution < 1.29 is 19.3 Å². The number of fused-ring (bicyclic) bond motifs is 2. The third-order valence-corrected chi connectivity index (χ3v) is 5.96. The van der Waals surface area contributed by atoms with Crippen molar-refractivity contribution in [3.63, 3.8) is 0 Å². The molecule has 3 heterocycles. The first kappa shape index (κ1) is 16.7. The number of aliphatic hydroxyl groups is 1. The first-order valence-electron chi connectivity index (χ1n) is 9.58. The molecule has 2 aliphatic heterocycles. The monoisotopic (exact) mass is 368 g/mol. The zero-order valence-electron chi connectivity index (χ0n) is 15.4. The second-order valence-electron chi connectivity index (χ2n) is 7.79. The van der Waals surface area contributed by atoms with Gasteiger partial charge in [0.2, 0.25) is 6.79 Å². The molecule has 4 atom stereocenters. The lowest BCUT2D eigenvalue weighted by atomic mass is 9.78. The summed E-state index contributed by atoms with van der Waals surface area (Å²) in [5.74, 6) is 3.20. The first-order chi connectivity index (χ1) is 13.2. The number of aryl methyl sites for hydroxylation is 1. The fourth-order valence-corrected chi connectivity index (χ4v) is 4.58. The van der Waals surface area contributed by atoms with Gasteiger partial charge in [0.1, 0.15) is 11.9 Å². The summed E-state index contributed by atoms with van der Waals surface area (Å²) in [6.07, 6.45) is 2.87. The highest BCUT2D eigenvalue weighted by atomic mass is 16.7. The lowest BCUT2D eigenvalue weighted by Crippen LogP contribution is -2.42. The fraction of sp³-hybridized carbons (Fsp3) is 0.476. The maximum absolute atomic E-state index is 10.7. The zero-order chi connectivity index (χ0) is 18.4. The van der Waals surface area contributed by atoms with Crippen LogP contribution in [0.1, 0.15) is 18.5 Å². The molecule has 6 nitrogen and oxygen atoms in total. The van der Waals surface area contributed by atoms with Crippen molar-refractivity contribution in [1.82, 2.24) is 4.98 Å². The van der Waals surface area contributed by atoms with Crippen LogP contribution in [0.15, 0.2) is 36.5 Å². The minimum atomic E-state index is -0.448. The summed E-state index contributed by atoms with van der Waals surface area (Å²) in [6.45, 7) is 4.26. The van der Waals surface area contributed by atoms with Gasteiger partial charge in [0.15, 0.2) is 11.5 Å². The van der Waals surface area contributed by atoms with Gasteiger partial charge in [0.25, 0.3) is 0 Å². The average molecular weight is 368 g/mol. The van der Waals surface area contributed by atoms with E-state index in [1.54, 1.807) is 0 Å². The molecule has 1 aromatic heterocycles. The number of ether oxygens (including phenoxy) is 3. The van der Waals surface area contributed by atoms with E-state index in [0.29, 0.717) is 17.6 Å². The Hall–Kier alpha value is -2.47. The molecule has 0 amide bonds. The average Bonchev–Trinajstić information content (AvgIpc) is 3.28. The highest BCUT2D eigenvalue weighted by Gasteiger charge is 2.42. The minimum Gasteiger partial charge on any atom is -0.488 e. The molecule has 27 heavy (non-hydrogen) atoms. The van der Waals surface area contributed by atoms with Crippen molar-refractivity contribution in [3.05, 3.63) is 42.2 Å². The molecule has 1 saturated carbocycles. The third-order valence-electron chi connectivity index (χ3n) is 5.96. The van der Waals surface area contributed by atoms with Crippen LogP contribution in [-0.2, 0) is 0 Å². The molecule has 0 bridgehead atoms. The fourth-order valence-electron chi connectivity index (χ4n) is 4.58. The van der Waals surface area contributed by atoms with E-state index in [1.807, 2.05) is 31.3 Å². The van der Waals surface area contributed by atoms with E-state index in [1.165, 1.54) is 5.69 Å². The molecular weight excluding hydrogens is 344 g/mol. The molecule has 0 spiro atoms. The second-order valence-corrected chi connectivity index (χ2v) is 7.79. The van der Waals surface area contributed by atoms with Crippen molar-refractivity contribution in [2.45, 2.75) is 32.0 Å². The van der Waals surface area contributed by atoms with Gasteiger partial charge in [-0.15, -0.1) is 0 Å². The van der Waals surface area contributed by atoms with Crippen molar-refractivity contribution >= 4 is 5.69 Å². The summed E-state index contributed by atoms with van der Waals surface area (Å²) in [5.41, 5.74) is 2.26. The van der Waals surface area contributed by atoms with Gasteiger partial charge in [-0.25, -0.2) is 0 Å². The summed E-state index contributed by atoms with van der Waals surface area (Å²) in [7, 11) is 0. The molecule has 5 rings (SSSR count). The van der Waals surface area contributed by atoms with Gasteiger partial charge in [-0.1, -0.05) is 0 Å². The van der Waals surface area contributed by atoms with Gasteiger partial charge in [0, 0.05) is 36.7 Å². The van der Waals surface area contributed by atoms with E-state index in [-0.39, 0.29) is 12.9 Å². The molecule has 1 N–H and O–H groups in total. The van der Waals surface area contributed by atoms with Gasteiger partial charge in [-0.05, 0) is 55.9 Å². The maximum atomic E-state index is 10.7. The SMILES string of the molecule is Cc1cc(N2C[C@H]3C[C@@H](Oc4ccc5c(c4)OCO5)[C@H](O)C[C@H]3C2)ccn1. The Bertz CT molecular complexity index is 843. The van der Waals surface area contributed by atoms with Crippen molar-refractivity contribution in [1.29, 1.82) is 0 Å². The zero-order valence-corrected chi connectivity index (χ0v) is 15.4. The van der Waals surface area contributed by atoms with Gasteiger partial charge < -0.3 is 24.2 Å². The summed E-state index contributed by atoms with van der Waals surface area (Å²) < 4.78 is 16.9. The Morgan fingerprint density at radius 1 is 1.07 bits per heavy atom. The van der Waals surface area contributed by atoms with E-state index in [2.05, 4.69) is 22.0 Å². The van der Waals surface area contributed by atoms with Crippen LogP contribution in [-0.4, -0.2) is 42.2 Å². The van der Waals surface area contributed by atoms with E-state index in [0.717, 1.165) is 43.1 Å². The Morgan fingerprint density at radius 2 is 1.89 bits per heavy atom. The largest absolute Gasteiger partial charge is 0.488 e. The topological polar surface area (TPSA) is 64.1 Å². The number of rotatable bonds is 3. The van der Waals surface area contributed by atoms with Crippen molar-refractivity contribution in [2.24, 2.45) is 11.8 Å². The molecule has 6 heteroatoms. The van der Waals surface area contributed by atoms with Gasteiger partial charge in [-0.3, -0.25) is 4.98 Å². The normalized spacial score (nSPS) is 28.9. The molecule has 1 aromatic carbocycles. The summed E-state index contributed by atoms with van der Waals surface area (Å²) in [5, 5.41) is 10.7. The molecule has 1 saturated heterocycles. The molecule has 2 fully saturated rings.